The highest BCUT2D eigenvalue weighted by Gasteiger charge is 2.13. The van der Waals surface area contributed by atoms with Crippen LogP contribution in [0.1, 0.15) is 11.4 Å². The van der Waals surface area contributed by atoms with Crippen molar-refractivity contribution in [3.8, 4) is 17.0 Å². The first-order valence-electron chi connectivity index (χ1n) is 5.09. The lowest BCUT2D eigenvalue weighted by Crippen LogP contribution is -1.90. The molecule has 0 aliphatic heterocycles. The molecule has 0 unspecified atom stereocenters. The summed E-state index contributed by atoms with van der Waals surface area (Å²) in [6.07, 6.45) is 0. The number of ether oxygens (including phenoxy) is 1. The van der Waals surface area contributed by atoms with Gasteiger partial charge in [0.15, 0.2) is 0 Å². The molecular weight excluding hydrogens is 304 g/mol. The van der Waals surface area contributed by atoms with E-state index in [0.717, 1.165) is 27.2 Å². The minimum Gasteiger partial charge on any atom is -0.495 e. The summed E-state index contributed by atoms with van der Waals surface area (Å²) >= 11 is 9.59. The second kappa shape index (κ2) is 4.70. The summed E-state index contributed by atoms with van der Waals surface area (Å²) in [5, 5.41) is 0.584. The number of hydrogen-bond donors (Lipinski definition) is 1. The molecule has 90 valence electrons. The summed E-state index contributed by atoms with van der Waals surface area (Å²) in [6, 6.07) is 3.78. The van der Waals surface area contributed by atoms with Gasteiger partial charge in [-0.3, -0.25) is 0 Å². The zero-order valence-electron chi connectivity index (χ0n) is 9.77. The lowest BCUT2D eigenvalue weighted by Gasteiger charge is -2.08. The standard InChI is InChI=1S/C12H12BrClN2O/c1-6-4-10(17-3)9(14)5-8(6)11-12(13)16-7(2)15-11/h4-5H,1-3H3,(H,15,16). The van der Waals surface area contributed by atoms with Crippen molar-refractivity contribution in [2.45, 2.75) is 13.8 Å². The molecule has 1 aromatic carbocycles. The van der Waals surface area contributed by atoms with Crippen molar-refractivity contribution in [2.24, 2.45) is 0 Å². The lowest BCUT2D eigenvalue weighted by molar-refractivity contribution is 0.415. The van der Waals surface area contributed by atoms with Gasteiger partial charge in [0.2, 0.25) is 0 Å². The fourth-order valence-electron chi connectivity index (χ4n) is 1.71. The number of aryl methyl sites for hydroxylation is 2. The second-order valence-electron chi connectivity index (χ2n) is 3.79. The Morgan fingerprint density at radius 1 is 1.35 bits per heavy atom. The second-order valence-corrected chi connectivity index (χ2v) is 4.99. The summed E-state index contributed by atoms with van der Waals surface area (Å²) in [4.78, 5) is 7.55. The molecule has 0 aliphatic rings. The Kier molecular flexibility index (Phi) is 3.45. The summed E-state index contributed by atoms with van der Waals surface area (Å²) in [5.74, 6) is 1.54. The molecule has 0 amide bonds. The van der Waals surface area contributed by atoms with Crippen LogP contribution < -0.4 is 4.74 Å². The Labute approximate surface area is 113 Å². The quantitative estimate of drug-likeness (QED) is 0.905. The van der Waals surface area contributed by atoms with Gasteiger partial charge in [-0.05, 0) is 47.5 Å². The number of imidazole rings is 1. The maximum Gasteiger partial charge on any atom is 0.137 e. The summed E-state index contributed by atoms with van der Waals surface area (Å²) in [7, 11) is 1.61. The molecule has 1 aromatic heterocycles. The van der Waals surface area contributed by atoms with Crippen molar-refractivity contribution in [1.82, 2.24) is 9.97 Å². The summed E-state index contributed by atoms with van der Waals surface area (Å²) < 4.78 is 6.04. The van der Waals surface area contributed by atoms with Crippen molar-refractivity contribution in [1.29, 1.82) is 0 Å². The number of benzene rings is 1. The van der Waals surface area contributed by atoms with Crippen LogP contribution in [0.5, 0.6) is 5.75 Å². The first kappa shape index (κ1) is 12.5. The molecule has 2 rings (SSSR count). The minimum absolute atomic E-state index is 0.584. The van der Waals surface area contributed by atoms with E-state index in [2.05, 4.69) is 25.9 Å². The van der Waals surface area contributed by atoms with Crippen LogP contribution in [0.4, 0.5) is 0 Å². The van der Waals surface area contributed by atoms with Gasteiger partial charge in [0.05, 0.1) is 12.1 Å². The maximum atomic E-state index is 6.13. The van der Waals surface area contributed by atoms with Gasteiger partial charge < -0.3 is 9.72 Å². The predicted molar refractivity (Wildman–Crippen MR) is 72.8 cm³/mol. The van der Waals surface area contributed by atoms with Gasteiger partial charge in [-0.15, -0.1) is 0 Å². The number of aromatic amines is 1. The van der Waals surface area contributed by atoms with Crippen LogP contribution in [0, 0.1) is 13.8 Å². The topological polar surface area (TPSA) is 37.9 Å². The summed E-state index contributed by atoms with van der Waals surface area (Å²) in [6.45, 7) is 3.92. The molecule has 5 heteroatoms. The van der Waals surface area contributed by atoms with Crippen molar-refractivity contribution >= 4 is 27.5 Å². The zero-order valence-corrected chi connectivity index (χ0v) is 12.1. The Morgan fingerprint density at radius 2 is 2.06 bits per heavy atom. The Hall–Kier alpha value is -1.00. The molecular formula is C12H12BrClN2O. The molecule has 0 fully saturated rings. The SMILES string of the molecule is COc1cc(C)c(-c2nc(C)[nH]c2Br)cc1Cl. The number of methoxy groups -OCH3 is 1. The number of nitrogens with zero attached hydrogens (tertiary/aromatic N) is 1. The fourth-order valence-corrected chi connectivity index (χ4v) is 2.54. The molecule has 0 radical (unpaired) electrons. The van der Waals surface area contributed by atoms with Crippen LogP contribution in [0.3, 0.4) is 0 Å². The monoisotopic (exact) mass is 314 g/mol. The van der Waals surface area contributed by atoms with Gasteiger partial charge >= 0.3 is 0 Å². The molecule has 0 saturated heterocycles. The molecule has 2 aromatic rings. The fraction of sp³-hybridized carbons (Fsp3) is 0.250. The highest BCUT2D eigenvalue weighted by Crippen LogP contribution is 2.35. The summed E-state index contributed by atoms with van der Waals surface area (Å²) in [5.41, 5.74) is 2.93. The minimum atomic E-state index is 0.584. The Morgan fingerprint density at radius 3 is 2.59 bits per heavy atom. The maximum absolute atomic E-state index is 6.13. The van der Waals surface area contributed by atoms with Gasteiger partial charge in [0.25, 0.3) is 0 Å². The third-order valence-corrected chi connectivity index (χ3v) is 3.40. The van der Waals surface area contributed by atoms with Crippen LogP contribution >= 0.6 is 27.5 Å². The van der Waals surface area contributed by atoms with E-state index in [4.69, 9.17) is 16.3 Å². The lowest BCUT2D eigenvalue weighted by atomic mass is 10.1. The van der Waals surface area contributed by atoms with Crippen molar-refractivity contribution in [2.75, 3.05) is 7.11 Å². The Bertz CT molecular complexity index is 566. The molecule has 0 aliphatic carbocycles. The number of H-pyrrole nitrogens is 1. The van der Waals surface area contributed by atoms with Crippen LogP contribution in [-0.4, -0.2) is 17.1 Å². The first-order chi connectivity index (χ1) is 8.02. The van der Waals surface area contributed by atoms with E-state index in [1.165, 1.54) is 0 Å². The van der Waals surface area contributed by atoms with Gasteiger partial charge in [-0.1, -0.05) is 11.6 Å². The van der Waals surface area contributed by atoms with Gasteiger partial charge in [0.1, 0.15) is 21.9 Å². The van der Waals surface area contributed by atoms with Gasteiger partial charge in [-0.25, -0.2) is 4.98 Å². The molecule has 0 bridgehead atoms. The average molecular weight is 316 g/mol. The molecule has 1 N–H and O–H groups in total. The van der Waals surface area contributed by atoms with E-state index >= 15 is 0 Å². The van der Waals surface area contributed by atoms with Crippen LogP contribution in [-0.2, 0) is 0 Å². The van der Waals surface area contributed by atoms with E-state index in [1.807, 2.05) is 26.0 Å². The molecule has 1 heterocycles. The number of halogens is 2. The smallest absolute Gasteiger partial charge is 0.137 e. The first-order valence-corrected chi connectivity index (χ1v) is 6.26. The van der Waals surface area contributed by atoms with Crippen LogP contribution in [0.2, 0.25) is 5.02 Å². The third kappa shape index (κ3) is 2.33. The molecule has 0 saturated carbocycles. The van der Waals surface area contributed by atoms with Crippen molar-refractivity contribution in [3.05, 3.63) is 33.1 Å². The van der Waals surface area contributed by atoms with E-state index in [0.29, 0.717) is 10.8 Å². The predicted octanol–water partition coefficient (Wildman–Crippen LogP) is 4.12. The molecule has 17 heavy (non-hydrogen) atoms. The van der Waals surface area contributed by atoms with E-state index < -0.39 is 0 Å². The largest absolute Gasteiger partial charge is 0.495 e. The van der Waals surface area contributed by atoms with Crippen molar-refractivity contribution in [3.63, 3.8) is 0 Å². The van der Waals surface area contributed by atoms with Gasteiger partial charge in [-0.2, -0.15) is 0 Å². The van der Waals surface area contributed by atoms with Gasteiger partial charge in [0, 0.05) is 5.56 Å². The van der Waals surface area contributed by atoms with Crippen LogP contribution in [0.15, 0.2) is 16.7 Å². The number of hydrogen-bond acceptors (Lipinski definition) is 2. The Balaban J connectivity index is 2.60. The molecule has 3 nitrogen and oxygen atoms in total. The highest BCUT2D eigenvalue weighted by molar-refractivity contribution is 9.10. The number of aromatic nitrogens is 2. The van der Waals surface area contributed by atoms with E-state index in [-0.39, 0.29) is 0 Å². The van der Waals surface area contributed by atoms with Crippen LogP contribution in [0.25, 0.3) is 11.3 Å². The highest BCUT2D eigenvalue weighted by atomic mass is 79.9. The van der Waals surface area contributed by atoms with E-state index in [9.17, 15) is 0 Å². The average Bonchev–Trinajstić information content (AvgIpc) is 2.60. The number of nitrogens with one attached hydrogen (secondary N) is 1. The van der Waals surface area contributed by atoms with Crippen molar-refractivity contribution < 1.29 is 4.74 Å². The normalized spacial score (nSPS) is 10.6. The third-order valence-electron chi connectivity index (χ3n) is 2.53. The molecule has 0 atom stereocenters. The van der Waals surface area contributed by atoms with E-state index in [1.54, 1.807) is 7.11 Å². The molecule has 0 spiro atoms. The zero-order chi connectivity index (χ0) is 12.6. The number of rotatable bonds is 2.